The van der Waals surface area contributed by atoms with Crippen LogP contribution in [0.4, 0.5) is 10.2 Å². The van der Waals surface area contributed by atoms with E-state index in [0.29, 0.717) is 11.6 Å². The number of ether oxygens (including phenoxy) is 1. The molecule has 1 fully saturated rings. The molecule has 0 spiro atoms. The quantitative estimate of drug-likeness (QED) is 0.922. The van der Waals surface area contributed by atoms with Gasteiger partial charge in [-0.15, -0.1) is 0 Å². The van der Waals surface area contributed by atoms with Crippen LogP contribution in [-0.4, -0.2) is 23.1 Å². The van der Waals surface area contributed by atoms with Gasteiger partial charge in [-0.2, -0.15) is 0 Å². The zero-order valence-electron chi connectivity index (χ0n) is 10.8. The van der Waals surface area contributed by atoms with Crippen molar-refractivity contribution in [3.63, 3.8) is 0 Å². The lowest BCUT2D eigenvalue weighted by atomic mass is 10.2. The molecule has 0 bridgehead atoms. The van der Waals surface area contributed by atoms with Crippen LogP contribution in [0.25, 0.3) is 10.9 Å². The van der Waals surface area contributed by atoms with Crippen LogP contribution in [-0.2, 0) is 0 Å². The van der Waals surface area contributed by atoms with Gasteiger partial charge in [-0.25, -0.2) is 14.4 Å². The van der Waals surface area contributed by atoms with E-state index >= 15 is 0 Å². The Balaban J connectivity index is 2.02. The molecule has 100 valence electrons. The minimum absolute atomic E-state index is 0.219. The predicted molar refractivity (Wildman–Crippen MR) is 71.9 cm³/mol. The second-order valence-corrected chi connectivity index (χ2v) is 4.85. The number of methoxy groups -OCH3 is 1. The van der Waals surface area contributed by atoms with E-state index in [1.165, 1.54) is 32.3 Å². The number of halogens is 1. The van der Waals surface area contributed by atoms with Crippen LogP contribution in [0.5, 0.6) is 5.75 Å². The molecule has 1 aliphatic rings. The van der Waals surface area contributed by atoms with Gasteiger partial charge in [0.2, 0.25) is 0 Å². The number of nitrogens with one attached hydrogen (secondary N) is 1. The van der Waals surface area contributed by atoms with Crippen molar-refractivity contribution in [2.45, 2.75) is 31.7 Å². The Morgan fingerprint density at radius 1 is 1.26 bits per heavy atom. The van der Waals surface area contributed by atoms with Crippen LogP contribution < -0.4 is 10.1 Å². The lowest BCUT2D eigenvalue weighted by molar-refractivity contribution is 0.387. The van der Waals surface area contributed by atoms with Crippen molar-refractivity contribution in [2.24, 2.45) is 0 Å². The van der Waals surface area contributed by atoms with Gasteiger partial charge in [-0.1, -0.05) is 12.8 Å². The maximum Gasteiger partial charge on any atom is 0.167 e. The summed E-state index contributed by atoms with van der Waals surface area (Å²) in [6.45, 7) is 0. The molecule has 1 aromatic carbocycles. The molecule has 0 aliphatic heterocycles. The maximum absolute atomic E-state index is 13.7. The van der Waals surface area contributed by atoms with Gasteiger partial charge < -0.3 is 10.1 Å². The molecule has 5 heteroatoms. The third-order valence-corrected chi connectivity index (χ3v) is 3.60. The Labute approximate surface area is 111 Å². The van der Waals surface area contributed by atoms with E-state index in [2.05, 4.69) is 15.3 Å². The molecule has 0 radical (unpaired) electrons. The predicted octanol–water partition coefficient (Wildman–Crippen LogP) is 3.13. The van der Waals surface area contributed by atoms with Crippen LogP contribution in [0, 0.1) is 5.82 Å². The fourth-order valence-corrected chi connectivity index (χ4v) is 2.59. The fraction of sp³-hybridized carbons (Fsp3) is 0.429. The van der Waals surface area contributed by atoms with Crippen LogP contribution in [0.3, 0.4) is 0 Å². The van der Waals surface area contributed by atoms with E-state index in [9.17, 15) is 4.39 Å². The summed E-state index contributed by atoms with van der Waals surface area (Å²) in [5.41, 5.74) is 0.591. The van der Waals surface area contributed by atoms with Gasteiger partial charge in [0, 0.05) is 17.5 Å². The largest absolute Gasteiger partial charge is 0.494 e. The first kappa shape index (κ1) is 12.1. The van der Waals surface area contributed by atoms with E-state index in [0.717, 1.165) is 24.0 Å². The molecule has 2 aromatic rings. The van der Waals surface area contributed by atoms with Crippen LogP contribution in [0.15, 0.2) is 18.5 Å². The Hall–Kier alpha value is -1.91. The molecular weight excluding hydrogens is 245 g/mol. The number of hydrogen-bond acceptors (Lipinski definition) is 4. The van der Waals surface area contributed by atoms with Gasteiger partial charge >= 0.3 is 0 Å². The summed E-state index contributed by atoms with van der Waals surface area (Å²) < 4.78 is 18.7. The lowest BCUT2D eigenvalue weighted by Crippen LogP contribution is -2.15. The highest BCUT2D eigenvalue weighted by atomic mass is 19.1. The molecule has 1 heterocycles. The number of aromatic nitrogens is 2. The Morgan fingerprint density at radius 3 is 2.79 bits per heavy atom. The van der Waals surface area contributed by atoms with E-state index in [1.54, 1.807) is 6.07 Å². The van der Waals surface area contributed by atoms with Gasteiger partial charge in [0.1, 0.15) is 12.1 Å². The highest BCUT2D eigenvalue weighted by molar-refractivity contribution is 5.90. The minimum atomic E-state index is -0.402. The highest BCUT2D eigenvalue weighted by Gasteiger charge is 2.17. The van der Waals surface area contributed by atoms with Crippen molar-refractivity contribution in [2.75, 3.05) is 12.4 Å². The van der Waals surface area contributed by atoms with Crippen LogP contribution >= 0.6 is 0 Å². The number of fused-ring (bicyclic) bond motifs is 1. The first-order valence-electron chi connectivity index (χ1n) is 6.52. The summed E-state index contributed by atoms with van der Waals surface area (Å²) in [5, 5.41) is 4.22. The number of hydrogen-bond donors (Lipinski definition) is 1. The zero-order chi connectivity index (χ0) is 13.2. The third-order valence-electron chi connectivity index (χ3n) is 3.60. The molecule has 0 amide bonds. The Morgan fingerprint density at radius 2 is 2.05 bits per heavy atom. The van der Waals surface area contributed by atoms with Crippen molar-refractivity contribution in [1.82, 2.24) is 9.97 Å². The van der Waals surface area contributed by atoms with E-state index in [-0.39, 0.29) is 5.75 Å². The smallest absolute Gasteiger partial charge is 0.167 e. The summed E-state index contributed by atoms with van der Waals surface area (Å²) >= 11 is 0. The molecule has 0 unspecified atom stereocenters. The monoisotopic (exact) mass is 261 g/mol. The van der Waals surface area contributed by atoms with Gasteiger partial charge in [-0.05, 0) is 18.9 Å². The van der Waals surface area contributed by atoms with Crippen LogP contribution in [0.2, 0.25) is 0 Å². The molecule has 1 N–H and O–H groups in total. The number of benzene rings is 1. The summed E-state index contributed by atoms with van der Waals surface area (Å²) in [6.07, 6.45) is 6.27. The number of nitrogens with zero attached hydrogens (tertiary/aromatic N) is 2. The molecule has 1 aromatic heterocycles. The van der Waals surface area contributed by atoms with Crippen LogP contribution in [0.1, 0.15) is 25.7 Å². The molecule has 1 aliphatic carbocycles. The van der Waals surface area contributed by atoms with Gasteiger partial charge in [0.15, 0.2) is 11.6 Å². The summed E-state index contributed by atoms with van der Waals surface area (Å²) in [5.74, 6) is 0.576. The second-order valence-electron chi connectivity index (χ2n) is 4.85. The molecular formula is C14H16FN3O. The number of anilines is 1. The first-order chi connectivity index (χ1) is 9.28. The zero-order valence-corrected chi connectivity index (χ0v) is 10.8. The molecule has 3 rings (SSSR count). The van der Waals surface area contributed by atoms with Crippen molar-refractivity contribution >= 4 is 16.7 Å². The van der Waals surface area contributed by atoms with E-state index in [1.807, 2.05) is 0 Å². The second kappa shape index (κ2) is 4.99. The topological polar surface area (TPSA) is 47.0 Å². The van der Waals surface area contributed by atoms with Crippen molar-refractivity contribution in [1.29, 1.82) is 0 Å². The standard InChI is InChI=1S/C14H16FN3O/c1-19-13-6-10-12(7-11(13)15)16-8-17-14(10)18-9-4-2-3-5-9/h6-9H,2-5H2,1H3,(H,16,17,18). The summed E-state index contributed by atoms with van der Waals surface area (Å²) in [7, 11) is 1.46. The van der Waals surface area contributed by atoms with Gasteiger partial charge in [0.05, 0.1) is 12.6 Å². The third kappa shape index (κ3) is 2.32. The molecule has 1 saturated carbocycles. The molecule has 0 saturated heterocycles. The van der Waals surface area contributed by atoms with Crippen molar-refractivity contribution in [3.05, 3.63) is 24.3 Å². The SMILES string of the molecule is COc1cc2c(NC3CCCC3)ncnc2cc1F. The molecule has 19 heavy (non-hydrogen) atoms. The van der Waals surface area contributed by atoms with E-state index in [4.69, 9.17) is 4.74 Å². The fourth-order valence-electron chi connectivity index (χ4n) is 2.59. The average molecular weight is 261 g/mol. The Bertz CT molecular complexity index is 597. The summed E-state index contributed by atoms with van der Waals surface area (Å²) in [4.78, 5) is 8.38. The van der Waals surface area contributed by atoms with Gasteiger partial charge in [0.25, 0.3) is 0 Å². The number of rotatable bonds is 3. The average Bonchev–Trinajstić information content (AvgIpc) is 2.91. The van der Waals surface area contributed by atoms with Crippen molar-refractivity contribution in [3.8, 4) is 5.75 Å². The summed E-state index contributed by atoms with van der Waals surface area (Å²) in [6, 6.07) is 3.49. The highest BCUT2D eigenvalue weighted by Crippen LogP contribution is 2.29. The van der Waals surface area contributed by atoms with Gasteiger partial charge in [-0.3, -0.25) is 0 Å². The minimum Gasteiger partial charge on any atom is -0.494 e. The molecule has 0 atom stereocenters. The maximum atomic E-state index is 13.7. The molecule has 4 nitrogen and oxygen atoms in total. The van der Waals surface area contributed by atoms with Crippen molar-refractivity contribution < 1.29 is 9.13 Å². The first-order valence-corrected chi connectivity index (χ1v) is 6.52. The van der Waals surface area contributed by atoms with E-state index < -0.39 is 5.82 Å². The lowest BCUT2D eigenvalue weighted by Gasteiger charge is -2.14. The Kier molecular flexibility index (Phi) is 3.19. The normalized spacial score (nSPS) is 15.9.